The number of halogens is 4. The zero-order valence-corrected chi connectivity index (χ0v) is 18.2. The first kappa shape index (κ1) is 24.5. The number of likely N-dealkylation sites (N-methyl/N-ethyl adjacent to an activating group) is 1. The number of ether oxygens (including phenoxy) is 1. The topological polar surface area (TPSA) is 66.0 Å². The van der Waals surface area contributed by atoms with Gasteiger partial charge in [-0.3, -0.25) is 4.79 Å². The van der Waals surface area contributed by atoms with Crippen molar-refractivity contribution in [2.75, 3.05) is 40.4 Å². The first-order valence-corrected chi connectivity index (χ1v) is 8.72. The molecule has 0 spiro atoms. The smallest absolute Gasteiger partial charge is 0.381 e. The van der Waals surface area contributed by atoms with Crippen LogP contribution in [0.1, 0.15) is 17.5 Å². The zero-order chi connectivity index (χ0) is 19.9. The molecule has 1 fully saturated rings. The van der Waals surface area contributed by atoms with Gasteiger partial charge in [0.05, 0.1) is 25.3 Å². The molecule has 2 N–H and O–H groups in total. The van der Waals surface area contributed by atoms with Crippen LogP contribution in [0.2, 0.25) is 0 Å². The van der Waals surface area contributed by atoms with Crippen LogP contribution in [0.5, 0.6) is 0 Å². The number of aliphatic imine (C=N–C) groups is 1. The van der Waals surface area contributed by atoms with Crippen molar-refractivity contribution in [2.24, 2.45) is 10.9 Å². The van der Waals surface area contributed by atoms with E-state index in [4.69, 9.17) is 4.74 Å². The van der Waals surface area contributed by atoms with Crippen LogP contribution in [-0.4, -0.2) is 57.2 Å². The van der Waals surface area contributed by atoms with E-state index in [0.29, 0.717) is 30.6 Å². The Hall–Kier alpha value is -1.56. The molecular formula is C18H26F3IN4O2. The summed E-state index contributed by atoms with van der Waals surface area (Å²) >= 11 is 0. The average Bonchev–Trinajstić information content (AvgIpc) is 3.13. The Bertz CT molecular complexity index is 645. The molecule has 158 valence electrons. The van der Waals surface area contributed by atoms with E-state index in [2.05, 4.69) is 15.6 Å². The predicted molar refractivity (Wildman–Crippen MR) is 112 cm³/mol. The van der Waals surface area contributed by atoms with Crippen LogP contribution in [0.4, 0.5) is 13.2 Å². The number of nitrogens with zero attached hydrogens (tertiary/aromatic N) is 2. The second kappa shape index (κ2) is 11.4. The summed E-state index contributed by atoms with van der Waals surface area (Å²) in [6.07, 6.45) is -3.40. The molecular weight excluding hydrogens is 488 g/mol. The molecule has 1 atom stereocenters. The minimum absolute atomic E-state index is 0. The molecule has 1 amide bonds. The van der Waals surface area contributed by atoms with E-state index in [1.165, 1.54) is 17.0 Å². The van der Waals surface area contributed by atoms with E-state index in [-0.39, 0.29) is 43.0 Å². The Kier molecular flexibility index (Phi) is 10.0. The number of amides is 1. The molecule has 1 unspecified atom stereocenters. The Balaban J connectivity index is 0.00000392. The lowest BCUT2D eigenvalue weighted by Crippen LogP contribution is -2.44. The van der Waals surface area contributed by atoms with Crippen molar-refractivity contribution in [2.45, 2.75) is 19.1 Å². The lowest BCUT2D eigenvalue weighted by Gasteiger charge is -2.16. The lowest BCUT2D eigenvalue weighted by molar-refractivity contribution is -0.137. The molecule has 0 saturated carbocycles. The maximum Gasteiger partial charge on any atom is 0.416 e. The molecule has 0 aliphatic carbocycles. The number of rotatable bonds is 6. The number of carbonyl (C=O) groups excluding carboxylic acids is 1. The minimum atomic E-state index is -4.36. The Morgan fingerprint density at radius 3 is 2.46 bits per heavy atom. The van der Waals surface area contributed by atoms with Gasteiger partial charge in [-0.25, -0.2) is 4.99 Å². The van der Waals surface area contributed by atoms with E-state index >= 15 is 0 Å². The van der Waals surface area contributed by atoms with Crippen LogP contribution >= 0.6 is 24.0 Å². The molecule has 1 saturated heterocycles. The number of benzene rings is 1. The second-order valence-electron chi connectivity index (χ2n) is 6.61. The fourth-order valence-electron chi connectivity index (χ4n) is 2.45. The lowest BCUT2D eigenvalue weighted by atomic mass is 10.1. The Labute approximate surface area is 179 Å². The molecule has 0 bridgehead atoms. The third-order valence-electron chi connectivity index (χ3n) is 4.19. The molecule has 1 heterocycles. The molecule has 1 aliphatic rings. The monoisotopic (exact) mass is 514 g/mol. The standard InChI is InChI=1S/C18H25F3N4O2.HI/c1-25(2)16(26)11-24-17(23-10-14-7-8-27-12-14)22-9-13-3-5-15(6-4-13)18(19,20)21;/h3-6,14H,7-12H2,1-2H3,(H2,22,23,24);1H. The quantitative estimate of drug-likeness (QED) is 0.348. The highest BCUT2D eigenvalue weighted by atomic mass is 127. The minimum Gasteiger partial charge on any atom is -0.381 e. The highest BCUT2D eigenvalue weighted by Crippen LogP contribution is 2.29. The molecule has 6 nitrogen and oxygen atoms in total. The van der Waals surface area contributed by atoms with Crippen molar-refractivity contribution < 1.29 is 22.7 Å². The van der Waals surface area contributed by atoms with Gasteiger partial charge in [0.2, 0.25) is 5.91 Å². The van der Waals surface area contributed by atoms with Gasteiger partial charge in [-0.1, -0.05) is 12.1 Å². The molecule has 0 radical (unpaired) electrons. The van der Waals surface area contributed by atoms with Crippen LogP contribution in [0.15, 0.2) is 29.3 Å². The summed E-state index contributed by atoms with van der Waals surface area (Å²) in [7, 11) is 3.32. The van der Waals surface area contributed by atoms with Gasteiger partial charge in [-0.2, -0.15) is 13.2 Å². The summed E-state index contributed by atoms with van der Waals surface area (Å²) in [6, 6.07) is 4.88. The van der Waals surface area contributed by atoms with Crippen LogP contribution in [0.3, 0.4) is 0 Å². The van der Waals surface area contributed by atoms with Gasteiger partial charge in [0, 0.05) is 33.2 Å². The number of hydrogen-bond acceptors (Lipinski definition) is 3. The number of carbonyl (C=O) groups is 1. The van der Waals surface area contributed by atoms with E-state index < -0.39 is 11.7 Å². The summed E-state index contributed by atoms with van der Waals surface area (Å²) in [6.45, 7) is 2.33. The number of guanidine groups is 1. The average molecular weight is 514 g/mol. The van der Waals surface area contributed by atoms with Crippen LogP contribution in [0, 0.1) is 5.92 Å². The summed E-state index contributed by atoms with van der Waals surface area (Å²) < 4.78 is 43.2. The molecule has 1 aliphatic heterocycles. The molecule has 28 heavy (non-hydrogen) atoms. The molecule has 1 aromatic rings. The third kappa shape index (κ3) is 8.21. The van der Waals surface area contributed by atoms with Gasteiger partial charge in [-0.05, 0) is 24.1 Å². The third-order valence-corrected chi connectivity index (χ3v) is 4.19. The maximum atomic E-state index is 12.6. The highest BCUT2D eigenvalue weighted by molar-refractivity contribution is 14.0. The van der Waals surface area contributed by atoms with Gasteiger partial charge in [0.15, 0.2) is 5.96 Å². The van der Waals surface area contributed by atoms with Gasteiger partial charge < -0.3 is 20.3 Å². The van der Waals surface area contributed by atoms with Crippen molar-refractivity contribution >= 4 is 35.8 Å². The molecule has 2 rings (SSSR count). The fourth-order valence-corrected chi connectivity index (χ4v) is 2.45. The van der Waals surface area contributed by atoms with Gasteiger partial charge >= 0.3 is 6.18 Å². The van der Waals surface area contributed by atoms with Gasteiger partial charge in [0.1, 0.15) is 0 Å². The van der Waals surface area contributed by atoms with E-state index in [0.717, 1.165) is 25.2 Å². The first-order chi connectivity index (χ1) is 12.8. The second-order valence-corrected chi connectivity index (χ2v) is 6.61. The Morgan fingerprint density at radius 2 is 1.93 bits per heavy atom. The number of alkyl halides is 3. The molecule has 0 aromatic heterocycles. The summed E-state index contributed by atoms with van der Waals surface area (Å²) in [4.78, 5) is 17.6. The fraction of sp³-hybridized carbons (Fsp3) is 0.556. The van der Waals surface area contributed by atoms with E-state index in [1.54, 1.807) is 14.1 Å². The SMILES string of the molecule is CN(C)C(=O)CNC(=NCc1ccc(C(F)(F)F)cc1)NCC1CCOC1.I. The van der Waals surface area contributed by atoms with Crippen molar-refractivity contribution in [1.82, 2.24) is 15.5 Å². The number of nitrogens with one attached hydrogen (secondary N) is 2. The van der Waals surface area contributed by atoms with Crippen molar-refractivity contribution in [1.29, 1.82) is 0 Å². The largest absolute Gasteiger partial charge is 0.416 e. The van der Waals surface area contributed by atoms with E-state index in [9.17, 15) is 18.0 Å². The Morgan fingerprint density at radius 1 is 1.25 bits per heavy atom. The van der Waals surface area contributed by atoms with Gasteiger partial charge in [0.25, 0.3) is 0 Å². The molecule has 10 heteroatoms. The summed E-state index contributed by atoms with van der Waals surface area (Å²) in [5.41, 5.74) is -0.0447. The van der Waals surface area contributed by atoms with E-state index in [1.807, 2.05) is 0 Å². The van der Waals surface area contributed by atoms with Gasteiger partial charge in [-0.15, -0.1) is 24.0 Å². The van der Waals surface area contributed by atoms with Crippen LogP contribution in [-0.2, 0) is 22.3 Å². The number of hydrogen-bond donors (Lipinski definition) is 2. The van der Waals surface area contributed by atoms with Crippen molar-refractivity contribution in [3.05, 3.63) is 35.4 Å². The van der Waals surface area contributed by atoms with Crippen molar-refractivity contribution in [3.63, 3.8) is 0 Å². The zero-order valence-electron chi connectivity index (χ0n) is 15.9. The van der Waals surface area contributed by atoms with Crippen LogP contribution < -0.4 is 10.6 Å². The van der Waals surface area contributed by atoms with Crippen molar-refractivity contribution in [3.8, 4) is 0 Å². The molecule has 1 aromatic carbocycles. The maximum absolute atomic E-state index is 12.6. The summed E-state index contributed by atoms with van der Waals surface area (Å²) in [5.74, 6) is 0.702. The van der Waals surface area contributed by atoms with Crippen LogP contribution in [0.25, 0.3) is 0 Å². The summed E-state index contributed by atoms with van der Waals surface area (Å²) in [5, 5.41) is 6.13. The predicted octanol–water partition coefficient (Wildman–Crippen LogP) is 2.48. The first-order valence-electron chi connectivity index (χ1n) is 8.72. The highest BCUT2D eigenvalue weighted by Gasteiger charge is 2.29. The normalized spacial score (nSPS) is 17.0.